The molecule has 1 N–H and O–H groups in total. The molecule has 0 bridgehead atoms. The molecule has 2 aromatic rings. The molecular weight excluding hydrogens is 340 g/mol. The Balaban J connectivity index is 1.32. The second-order valence-corrected chi connectivity index (χ2v) is 8.36. The third-order valence-electron chi connectivity index (χ3n) is 6.02. The summed E-state index contributed by atoms with van der Waals surface area (Å²) < 4.78 is 0. The van der Waals surface area contributed by atoms with Crippen molar-refractivity contribution in [2.45, 2.75) is 57.1 Å². The van der Waals surface area contributed by atoms with Crippen molar-refractivity contribution in [1.29, 1.82) is 0 Å². The highest BCUT2D eigenvalue weighted by Crippen LogP contribution is 2.38. The van der Waals surface area contributed by atoms with E-state index < -0.39 is 5.60 Å². The maximum Gasteiger partial charge on any atom is 0.134 e. The van der Waals surface area contributed by atoms with Gasteiger partial charge in [-0.25, -0.2) is 19.9 Å². The maximum atomic E-state index is 10.2. The highest BCUT2D eigenvalue weighted by atomic mass is 16.3. The van der Waals surface area contributed by atoms with Gasteiger partial charge >= 0.3 is 0 Å². The van der Waals surface area contributed by atoms with Crippen molar-refractivity contribution >= 4 is 11.6 Å². The van der Waals surface area contributed by atoms with Gasteiger partial charge in [0.05, 0.1) is 11.3 Å². The Morgan fingerprint density at radius 1 is 1.04 bits per heavy atom. The summed E-state index contributed by atoms with van der Waals surface area (Å²) >= 11 is 0. The third kappa shape index (κ3) is 3.48. The van der Waals surface area contributed by atoms with Gasteiger partial charge in [-0.3, -0.25) is 0 Å². The van der Waals surface area contributed by atoms with E-state index in [0.29, 0.717) is 5.92 Å². The van der Waals surface area contributed by atoms with E-state index in [4.69, 9.17) is 4.98 Å². The van der Waals surface area contributed by atoms with Crippen LogP contribution in [0.4, 0.5) is 11.6 Å². The topological polar surface area (TPSA) is 78.3 Å². The van der Waals surface area contributed by atoms with Crippen LogP contribution in [0.2, 0.25) is 0 Å². The number of piperidine rings is 1. The molecule has 4 heterocycles. The summed E-state index contributed by atoms with van der Waals surface area (Å²) in [5.41, 5.74) is 1.86. The zero-order chi connectivity index (χ0) is 18.4. The zero-order valence-corrected chi connectivity index (χ0v) is 15.8. The lowest BCUT2D eigenvalue weighted by atomic mass is 9.94. The smallest absolute Gasteiger partial charge is 0.134 e. The molecule has 7 nitrogen and oxygen atoms in total. The van der Waals surface area contributed by atoms with Crippen LogP contribution in [0.1, 0.15) is 55.6 Å². The molecule has 0 radical (unpaired) electrons. The standard InChI is InChI=1S/C20H26N6O/c1-20(27)5-8-25(9-6-20)17-10-18(23-13-22-17)26-7-4-16-15(12-26)11-21-19(24-16)14-2-3-14/h10-11,13-14,27H,2-9,12H2,1H3. The summed E-state index contributed by atoms with van der Waals surface area (Å²) in [5.74, 6) is 3.53. The highest BCUT2D eigenvalue weighted by molar-refractivity contribution is 5.51. The second kappa shape index (κ2) is 6.41. The number of hydrogen-bond acceptors (Lipinski definition) is 7. The molecule has 1 saturated carbocycles. The zero-order valence-electron chi connectivity index (χ0n) is 15.8. The molecule has 0 atom stereocenters. The van der Waals surface area contributed by atoms with Crippen molar-refractivity contribution in [3.8, 4) is 0 Å². The van der Waals surface area contributed by atoms with Crippen molar-refractivity contribution in [3.63, 3.8) is 0 Å². The van der Waals surface area contributed by atoms with E-state index in [1.165, 1.54) is 24.1 Å². The van der Waals surface area contributed by atoms with E-state index in [2.05, 4.69) is 30.8 Å². The maximum absolute atomic E-state index is 10.2. The lowest BCUT2D eigenvalue weighted by Crippen LogP contribution is -2.43. The molecule has 142 valence electrons. The highest BCUT2D eigenvalue weighted by Gasteiger charge is 2.30. The molecule has 7 heteroatoms. The molecule has 2 aliphatic heterocycles. The quantitative estimate of drug-likeness (QED) is 0.891. The molecular formula is C20H26N6O. The Morgan fingerprint density at radius 3 is 2.52 bits per heavy atom. The van der Waals surface area contributed by atoms with E-state index in [0.717, 1.165) is 62.9 Å². The molecule has 0 spiro atoms. The molecule has 5 rings (SSSR count). The van der Waals surface area contributed by atoms with Crippen LogP contribution in [0, 0.1) is 0 Å². The number of hydrogen-bond donors (Lipinski definition) is 1. The van der Waals surface area contributed by atoms with Gasteiger partial charge < -0.3 is 14.9 Å². The number of aromatic nitrogens is 4. The van der Waals surface area contributed by atoms with Crippen LogP contribution in [0.25, 0.3) is 0 Å². The molecule has 1 saturated heterocycles. The van der Waals surface area contributed by atoms with Crippen molar-refractivity contribution in [3.05, 3.63) is 35.7 Å². The minimum Gasteiger partial charge on any atom is -0.390 e. The Hall–Kier alpha value is -2.28. The van der Waals surface area contributed by atoms with E-state index in [1.807, 2.05) is 13.1 Å². The molecule has 0 aromatic carbocycles. The molecule has 2 aromatic heterocycles. The van der Waals surface area contributed by atoms with E-state index in [1.54, 1.807) is 6.33 Å². The van der Waals surface area contributed by atoms with Crippen LogP contribution in [-0.2, 0) is 13.0 Å². The fourth-order valence-electron chi connectivity index (χ4n) is 3.97. The Bertz CT molecular complexity index is 840. The summed E-state index contributed by atoms with van der Waals surface area (Å²) in [7, 11) is 0. The van der Waals surface area contributed by atoms with E-state index in [9.17, 15) is 5.11 Å². The van der Waals surface area contributed by atoms with Crippen LogP contribution >= 0.6 is 0 Å². The number of nitrogens with zero attached hydrogens (tertiary/aromatic N) is 6. The van der Waals surface area contributed by atoms with Crippen molar-refractivity contribution in [2.24, 2.45) is 0 Å². The molecule has 0 unspecified atom stereocenters. The fraction of sp³-hybridized carbons (Fsp3) is 0.600. The predicted octanol–water partition coefficient (Wildman–Crippen LogP) is 2.06. The third-order valence-corrected chi connectivity index (χ3v) is 6.02. The second-order valence-electron chi connectivity index (χ2n) is 8.36. The van der Waals surface area contributed by atoms with Crippen molar-refractivity contribution in [1.82, 2.24) is 19.9 Å². The predicted molar refractivity (Wildman–Crippen MR) is 103 cm³/mol. The number of fused-ring (bicyclic) bond motifs is 1. The minimum atomic E-state index is -0.553. The first-order chi connectivity index (χ1) is 13.1. The largest absolute Gasteiger partial charge is 0.390 e. The lowest BCUT2D eigenvalue weighted by molar-refractivity contribution is 0.0350. The van der Waals surface area contributed by atoms with Crippen LogP contribution in [0.5, 0.6) is 0 Å². The van der Waals surface area contributed by atoms with Crippen LogP contribution in [0.15, 0.2) is 18.6 Å². The minimum absolute atomic E-state index is 0.553. The van der Waals surface area contributed by atoms with Gasteiger partial charge in [0.25, 0.3) is 0 Å². The Labute approximate surface area is 159 Å². The summed E-state index contributed by atoms with van der Waals surface area (Å²) in [4.78, 5) is 22.9. The molecule has 2 fully saturated rings. The molecule has 1 aliphatic carbocycles. The number of anilines is 2. The first-order valence-electron chi connectivity index (χ1n) is 9.96. The average molecular weight is 366 g/mol. The first kappa shape index (κ1) is 16.9. The van der Waals surface area contributed by atoms with Gasteiger partial charge in [0.15, 0.2) is 0 Å². The monoisotopic (exact) mass is 366 g/mol. The molecule has 0 amide bonds. The first-order valence-corrected chi connectivity index (χ1v) is 9.96. The van der Waals surface area contributed by atoms with Gasteiger partial charge in [0, 0.05) is 56.3 Å². The number of rotatable bonds is 3. The SMILES string of the molecule is CC1(O)CCN(c2cc(N3CCc4nc(C5CC5)ncc4C3)ncn2)CC1. The van der Waals surface area contributed by atoms with Crippen molar-refractivity contribution < 1.29 is 5.11 Å². The number of aliphatic hydroxyl groups is 1. The summed E-state index contributed by atoms with van der Waals surface area (Å²) in [6.07, 6.45) is 8.61. The van der Waals surface area contributed by atoms with Gasteiger partial charge in [-0.2, -0.15) is 0 Å². The average Bonchev–Trinajstić information content (AvgIpc) is 3.53. The van der Waals surface area contributed by atoms with Gasteiger partial charge in [0.1, 0.15) is 23.8 Å². The fourth-order valence-corrected chi connectivity index (χ4v) is 3.97. The lowest BCUT2D eigenvalue weighted by Gasteiger charge is -2.36. The molecule has 27 heavy (non-hydrogen) atoms. The van der Waals surface area contributed by atoms with Gasteiger partial charge in [0.2, 0.25) is 0 Å². The Morgan fingerprint density at radius 2 is 1.78 bits per heavy atom. The van der Waals surface area contributed by atoms with Gasteiger partial charge in [-0.15, -0.1) is 0 Å². The van der Waals surface area contributed by atoms with Crippen molar-refractivity contribution in [2.75, 3.05) is 29.4 Å². The van der Waals surface area contributed by atoms with Crippen LogP contribution in [0.3, 0.4) is 0 Å². The van der Waals surface area contributed by atoms with Crippen LogP contribution < -0.4 is 9.80 Å². The van der Waals surface area contributed by atoms with Gasteiger partial charge in [-0.05, 0) is 32.6 Å². The van der Waals surface area contributed by atoms with E-state index >= 15 is 0 Å². The summed E-state index contributed by atoms with van der Waals surface area (Å²) in [5, 5.41) is 10.2. The van der Waals surface area contributed by atoms with Gasteiger partial charge in [-0.1, -0.05) is 0 Å². The Kier molecular flexibility index (Phi) is 4.00. The van der Waals surface area contributed by atoms with Crippen LogP contribution in [-0.4, -0.2) is 50.3 Å². The normalized spacial score (nSPS) is 21.9. The summed E-state index contributed by atoms with van der Waals surface area (Å²) in [6.45, 7) is 5.27. The summed E-state index contributed by atoms with van der Waals surface area (Å²) in [6, 6.07) is 2.07. The van der Waals surface area contributed by atoms with E-state index in [-0.39, 0.29) is 0 Å². The molecule has 3 aliphatic rings.